The lowest BCUT2D eigenvalue weighted by molar-refractivity contribution is -0.118. The number of nitrogens with one attached hydrogen (secondary N) is 1. The molecule has 2 rings (SSSR count). The summed E-state index contributed by atoms with van der Waals surface area (Å²) >= 11 is 5.93. The van der Waals surface area contributed by atoms with Crippen molar-refractivity contribution in [2.24, 2.45) is 0 Å². The maximum absolute atomic E-state index is 12.1. The molecule has 9 heteroatoms. The molecule has 0 aromatic heterocycles. The fraction of sp³-hybridized carbons (Fsp3) is 0.278. The standard InChI is InChI=1S/C18H21ClN2O5S/c1-21(27(3,23)24)11-13-4-7-15(8-5-13)26-12-18(22)20-16-10-14(19)6-9-17(16)25-2/h4-10H,11-12H2,1-3H3,(H,20,22). The van der Waals surface area contributed by atoms with E-state index in [0.29, 0.717) is 22.2 Å². The largest absolute Gasteiger partial charge is 0.495 e. The minimum atomic E-state index is -3.24. The first-order valence-electron chi connectivity index (χ1n) is 7.95. The predicted octanol–water partition coefficient (Wildman–Crippen LogP) is 2.76. The Kier molecular flexibility index (Phi) is 7.06. The number of anilines is 1. The monoisotopic (exact) mass is 412 g/mol. The van der Waals surface area contributed by atoms with E-state index in [0.717, 1.165) is 11.8 Å². The van der Waals surface area contributed by atoms with Crippen LogP contribution in [0.5, 0.6) is 11.5 Å². The lowest BCUT2D eigenvalue weighted by Gasteiger charge is -2.14. The van der Waals surface area contributed by atoms with Gasteiger partial charge >= 0.3 is 0 Å². The van der Waals surface area contributed by atoms with Crippen LogP contribution in [0.2, 0.25) is 5.02 Å². The normalized spacial score (nSPS) is 11.3. The summed E-state index contributed by atoms with van der Waals surface area (Å²) in [4.78, 5) is 12.1. The molecule has 0 radical (unpaired) electrons. The SMILES string of the molecule is COc1ccc(Cl)cc1NC(=O)COc1ccc(CN(C)S(C)(=O)=O)cc1. The van der Waals surface area contributed by atoms with Crippen molar-refractivity contribution in [2.45, 2.75) is 6.54 Å². The Morgan fingerprint density at radius 2 is 1.85 bits per heavy atom. The van der Waals surface area contributed by atoms with E-state index in [1.165, 1.54) is 18.5 Å². The Hall–Kier alpha value is -2.29. The summed E-state index contributed by atoms with van der Waals surface area (Å²) in [5.74, 6) is 0.623. The third-order valence-corrected chi connectivity index (χ3v) is 5.20. The van der Waals surface area contributed by atoms with Gasteiger partial charge in [-0.05, 0) is 35.9 Å². The fourth-order valence-corrected chi connectivity index (χ4v) is 2.73. The molecule has 0 aliphatic carbocycles. The Balaban J connectivity index is 1.91. The molecule has 0 saturated carbocycles. The quantitative estimate of drug-likeness (QED) is 0.720. The molecular formula is C18H21ClN2O5S. The van der Waals surface area contributed by atoms with Crippen LogP contribution in [0.3, 0.4) is 0 Å². The van der Waals surface area contributed by atoms with Gasteiger partial charge in [0.15, 0.2) is 6.61 Å². The van der Waals surface area contributed by atoms with Gasteiger partial charge in [0.25, 0.3) is 5.91 Å². The predicted molar refractivity (Wildman–Crippen MR) is 105 cm³/mol. The molecule has 0 aliphatic heterocycles. The summed E-state index contributed by atoms with van der Waals surface area (Å²) in [6.07, 6.45) is 1.15. The molecule has 0 atom stereocenters. The second-order valence-electron chi connectivity index (χ2n) is 5.84. The number of nitrogens with zero attached hydrogens (tertiary/aromatic N) is 1. The summed E-state index contributed by atoms with van der Waals surface area (Å²) in [7, 11) is -0.235. The zero-order chi connectivity index (χ0) is 20.0. The maximum Gasteiger partial charge on any atom is 0.262 e. The molecule has 7 nitrogen and oxygen atoms in total. The van der Waals surface area contributed by atoms with Gasteiger partial charge in [0, 0.05) is 18.6 Å². The average Bonchev–Trinajstić information content (AvgIpc) is 2.60. The van der Waals surface area contributed by atoms with Gasteiger partial charge in [0.1, 0.15) is 11.5 Å². The third kappa shape index (κ3) is 6.42. The van der Waals surface area contributed by atoms with Gasteiger partial charge < -0.3 is 14.8 Å². The van der Waals surface area contributed by atoms with E-state index >= 15 is 0 Å². The van der Waals surface area contributed by atoms with Crippen molar-refractivity contribution in [3.8, 4) is 11.5 Å². The van der Waals surface area contributed by atoms with Gasteiger partial charge in [-0.15, -0.1) is 0 Å². The van der Waals surface area contributed by atoms with Crippen LogP contribution in [0.1, 0.15) is 5.56 Å². The number of carbonyl (C=O) groups excluding carboxylic acids is 1. The highest BCUT2D eigenvalue weighted by molar-refractivity contribution is 7.88. The molecule has 0 heterocycles. The van der Waals surface area contributed by atoms with E-state index in [4.69, 9.17) is 21.1 Å². The number of hydrogen-bond acceptors (Lipinski definition) is 5. The number of methoxy groups -OCH3 is 1. The smallest absolute Gasteiger partial charge is 0.262 e. The summed E-state index contributed by atoms with van der Waals surface area (Å²) in [6.45, 7) is 0.0619. The van der Waals surface area contributed by atoms with E-state index in [9.17, 15) is 13.2 Å². The van der Waals surface area contributed by atoms with Crippen molar-refractivity contribution in [1.29, 1.82) is 0 Å². The van der Waals surface area contributed by atoms with Crippen LogP contribution in [0, 0.1) is 0 Å². The number of halogens is 1. The molecule has 0 fully saturated rings. The lowest BCUT2D eigenvalue weighted by Crippen LogP contribution is -2.24. The molecule has 146 valence electrons. The maximum atomic E-state index is 12.1. The fourth-order valence-electron chi connectivity index (χ4n) is 2.18. The number of hydrogen-bond donors (Lipinski definition) is 1. The number of sulfonamides is 1. The van der Waals surface area contributed by atoms with Crippen LogP contribution in [0.25, 0.3) is 0 Å². The van der Waals surface area contributed by atoms with E-state index < -0.39 is 10.0 Å². The van der Waals surface area contributed by atoms with Crippen molar-refractivity contribution < 1.29 is 22.7 Å². The number of benzene rings is 2. The number of ether oxygens (including phenoxy) is 2. The first-order valence-corrected chi connectivity index (χ1v) is 10.2. The molecular weight excluding hydrogens is 392 g/mol. The zero-order valence-corrected chi connectivity index (χ0v) is 16.8. The Morgan fingerprint density at radius 1 is 1.19 bits per heavy atom. The van der Waals surface area contributed by atoms with E-state index in [-0.39, 0.29) is 19.1 Å². The van der Waals surface area contributed by atoms with Crippen molar-refractivity contribution in [3.63, 3.8) is 0 Å². The first-order chi connectivity index (χ1) is 12.7. The van der Waals surface area contributed by atoms with Gasteiger partial charge in [0.05, 0.1) is 19.1 Å². The zero-order valence-electron chi connectivity index (χ0n) is 15.2. The Labute approximate surface area is 163 Å². The van der Waals surface area contributed by atoms with Crippen molar-refractivity contribution in [3.05, 3.63) is 53.1 Å². The molecule has 0 aliphatic rings. The van der Waals surface area contributed by atoms with Crippen LogP contribution in [0.4, 0.5) is 5.69 Å². The van der Waals surface area contributed by atoms with Crippen LogP contribution in [-0.4, -0.2) is 45.7 Å². The highest BCUT2D eigenvalue weighted by Crippen LogP contribution is 2.27. The molecule has 0 saturated heterocycles. The van der Waals surface area contributed by atoms with Crippen molar-refractivity contribution in [2.75, 3.05) is 32.3 Å². The molecule has 0 spiro atoms. The summed E-state index contributed by atoms with van der Waals surface area (Å²) in [5, 5.41) is 3.15. The topological polar surface area (TPSA) is 84.9 Å². The van der Waals surface area contributed by atoms with Crippen LogP contribution in [0.15, 0.2) is 42.5 Å². The van der Waals surface area contributed by atoms with E-state index in [1.54, 1.807) is 42.5 Å². The number of amides is 1. The van der Waals surface area contributed by atoms with Gasteiger partial charge in [0.2, 0.25) is 10.0 Å². The Bertz CT molecular complexity index is 900. The van der Waals surface area contributed by atoms with Gasteiger partial charge in [-0.3, -0.25) is 4.79 Å². The van der Waals surface area contributed by atoms with Crippen molar-refractivity contribution in [1.82, 2.24) is 4.31 Å². The Morgan fingerprint density at radius 3 is 2.44 bits per heavy atom. The second-order valence-corrected chi connectivity index (χ2v) is 8.37. The average molecular weight is 413 g/mol. The minimum Gasteiger partial charge on any atom is -0.495 e. The van der Waals surface area contributed by atoms with Gasteiger partial charge in [-0.25, -0.2) is 12.7 Å². The molecule has 2 aromatic rings. The van der Waals surface area contributed by atoms with E-state index in [2.05, 4.69) is 5.32 Å². The summed E-state index contributed by atoms with van der Waals surface area (Å²) in [6, 6.07) is 11.8. The minimum absolute atomic E-state index is 0.196. The van der Waals surface area contributed by atoms with Crippen LogP contribution < -0.4 is 14.8 Å². The first kappa shape index (κ1) is 21.0. The van der Waals surface area contributed by atoms with Gasteiger partial charge in [-0.1, -0.05) is 23.7 Å². The highest BCUT2D eigenvalue weighted by Gasteiger charge is 2.12. The van der Waals surface area contributed by atoms with Crippen LogP contribution >= 0.6 is 11.6 Å². The lowest BCUT2D eigenvalue weighted by atomic mass is 10.2. The van der Waals surface area contributed by atoms with Gasteiger partial charge in [-0.2, -0.15) is 0 Å². The third-order valence-electron chi connectivity index (χ3n) is 3.70. The summed E-state index contributed by atoms with van der Waals surface area (Å²) in [5.41, 5.74) is 1.26. The highest BCUT2D eigenvalue weighted by atomic mass is 35.5. The molecule has 0 unspecified atom stereocenters. The van der Waals surface area contributed by atoms with Crippen LogP contribution in [-0.2, 0) is 21.4 Å². The molecule has 1 N–H and O–H groups in total. The molecule has 1 amide bonds. The number of rotatable bonds is 8. The molecule has 0 bridgehead atoms. The summed E-state index contributed by atoms with van der Waals surface area (Å²) < 4.78 is 34.7. The second kappa shape index (κ2) is 9.07. The van der Waals surface area contributed by atoms with E-state index in [1.807, 2.05) is 0 Å². The molecule has 27 heavy (non-hydrogen) atoms. The number of carbonyl (C=O) groups is 1. The molecule has 2 aromatic carbocycles. The van der Waals surface area contributed by atoms with Crippen molar-refractivity contribution >= 4 is 33.2 Å².